The highest BCUT2D eigenvalue weighted by atomic mass is 32.2. The molecular formula is C12H17F3N3O2S+. The zero-order valence-electron chi connectivity index (χ0n) is 11.5. The van der Waals surface area contributed by atoms with Crippen molar-refractivity contribution in [1.29, 1.82) is 0 Å². The number of hydrogen-bond acceptors (Lipinski definition) is 3. The Hall–Kier alpha value is -1.35. The second-order valence-corrected chi connectivity index (χ2v) is 7.00. The lowest BCUT2D eigenvalue weighted by atomic mass is 10.2. The third-order valence-electron chi connectivity index (χ3n) is 3.45. The first-order valence-electron chi connectivity index (χ1n) is 6.56. The summed E-state index contributed by atoms with van der Waals surface area (Å²) < 4.78 is 62.9. The lowest BCUT2D eigenvalue weighted by Gasteiger charge is -2.30. The first-order valence-corrected chi connectivity index (χ1v) is 8.16. The van der Waals surface area contributed by atoms with Gasteiger partial charge >= 0.3 is 6.18 Å². The van der Waals surface area contributed by atoms with Crippen LogP contribution in [0.15, 0.2) is 18.3 Å². The summed E-state index contributed by atoms with van der Waals surface area (Å²) in [5.74, 6) is 0.376. The van der Waals surface area contributed by atoms with E-state index in [0.717, 1.165) is 12.1 Å². The van der Waals surface area contributed by atoms with E-state index in [9.17, 15) is 21.6 Å². The lowest BCUT2D eigenvalue weighted by Crippen LogP contribution is -2.50. The van der Waals surface area contributed by atoms with Gasteiger partial charge in [0.15, 0.2) is 0 Å². The maximum absolute atomic E-state index is 12.7. The predicted octanol–water partition coefficient (Wildman–Crippen LogP) is 0.991. The van der Waals surface area contributed by atoms with Crippen LogP contribution >= 0.6 is 0 Å². The number of piperazine rings is 1. The molecule has 21 heavy (non-hydrogen) atoms. The van der Waals surface area contributed by atoms with Crippen molar-refractivity contribution in [3.8, 4) is 0 Å². The van der Waals surface area contributed by atoms with Crippen molar-refractivity contribution in [3.63, 3.8) is 0 Å². The molecule has 1 aliphatic heterocycles. The van der Waals surface area contributed by atoms with Gasteiger partial charge in [-0.2, -0.15) is 17.5 Å². The molecule has 0 atom stereocenters. The van der Waals surface area contributed by atoms with Crippen LogP contribution < -0.4 is 9.88 Å². The second kappa shape index (κ2) is 5.80. The van der Waals surface area contributed by atoms with E-state index in [1.54, 1.807) is 11.8 Å². The first kappa shape index (κ1) is 16.0. The molecule has 0 aromatic carbocycles. The Morgan fingerprint density at radius 3 is 2.38 bits per heavy atom. The Balaban J connectivity index is 2.10. The van der Waals surface area contributed by atoms with Crippen molar-refractivity contribution in [3.05, 3.63) is 23.9 Å². The minimum absolute atomic E-state index is 0.0304. The molecule has 1 aromatic heterocycles. The SMILES string of the molecule is CCS(=O)(=O)N1CCN(c2cc(C(F)(F)F)cc[nH+]2)CC1. The first-order chi connectivity index (χ1) is 9.74. The van der Waals surface area contributed by atoms with Crippen molar-refractivity contribution in [2.45, 2.75) is 13.1 Å². The molecule has 1 aromatic rings. The zero-order chi connectivity index (χ0) is 15.7. The summed E-state index contributed by atoms with van der Waals surface area (Å²) in [7, 11) is -3.24. The van der Waals surface area contributed by atoms with Crippen LogP contribution in [0.3, 0.4) is 0 Å². The number of pyridine rings is 1. The van der Waals surface area contributed by atoms with Gasteiger partial charge in [-0.1, -0.05) is 0 Å². The van der Waals surface area contributed by atoms with Gasteiger partial charge in [0, 0.05) is 6.07 Å². The standard InChI is InChI=1S/C12H16F3N3O2S/c1-2-21(19,20)18-7-5-17(6-8-18)11-9-10(3-4-16-11)12(13,14)15/h3-4,9H,2,5-8H2,1H3/p+1. The van der Waals surface area contributed by atoms with E-state index in [0.29, 0.717) is 18.9 Å². The highest BCUT2D eigenvalue weighted by Gasteiger charge is 2.34. The van der Waals surface area contributed by atoms with Crippen LogP contribution in [0, 0.1) is 0 Å². The zero-order valence-corrected chi connectivity index (χ0v) is 12.3. The van der Waals surface area contributed by atoms with Gasteiger partial charge in [0.1, 0.15) is 0 Å². The molecule has 0 radical (unpaired) electrons. The van der Waals surface area contributed by atoms with Gasteiger partial charge in [0.25, 0.3) is 5.82 Å². The normalized spacial score (nSPS) is 18.0. The van der Waals surface area contributed by atoms with Gasteiger partial charge in [-0.3, -0.25) is 4.90 Å². The number of rotatable bonds is 3. The Kier molecular flexibility index (Phi) is 4.43. The summed E-state index contributed by atoms with van der Waals surface area (Å²) in [6.07, 6.45) is -3.15. The summed E-state index contributed by atoms with van der Waals surface area (Å²) >= 11 is 0. The van der Waals surface area contributed by atoms with E-state index < -0.39 is 21.8 Å². The minimum Gasteiger partial charge on any atom is -0.259 e. The minimum atomic E-state index is -4.39. The number of nitrogens with zero attached hydrogens (tertiary/aromatic N) is 2. The van der Waals surface area contributed by atoms with Gasteiger partial charge in [-0.25, -0.2) is 13.4 Å². The Labute approximate surface area is 121 Å². The van der Waals surface area contributed by atoms with Crippen molar-refractivity contribution in [2.24, 2.45) is 0 Å². The molecule has 1 aliphatic rings. The van der Waals surface area contributed by atoms with Crippen LogP contribution in [-0.2, 0) is 16.2 Å². The van der Waals surface area contributed by atoms with Gasteiger partial charge in [-0.15, -0.1) is 0 Å². The average molecular weight is 324 g/mol. The third kappa shape index (κ3) is 3.65. The number of H-pyrrole nitrogens is 1. The molecule has 118 valence electrons. The summed E-state index contributed by atoms with van der Waals surface area (Å²) in [6, 6.07) is 2.02. The van der Waals surface area contributed by atoms with E-state index >= 15 is 0 Å². The van der Waals surface area contributed by atoms with Gasteiger partial charge in [0.2, 0.25) is 10.0 Å². The molecule has 0 aliphatic carbocycles. The number of aromatic amines is 1. The topological polar surface area (TPSA) is 54.8 Å². The predicted molar refractivity (Wildman–Crippen MR) is 71.2 cm³/mol. The third-order valence-corrected chi connectivity index (χ3v) is 5.33. The fourth-order valence-electron chi connectivity index (χ4n) is 2.20. The Bertz CT molecular complexity index is 596. The molecule has 1 saturated heterocycles. The molecular weight excluding hydrogens is 307 g/mol. The number of hydrogen-bond donors (Lipinski definition) is 0. The van der Waals surface area contributed by atoms with Crippen LogP contribution in [0.5, 0.6) is 0 Å². The van der Waals surface area contributed by atoms with Crippen molar-refractivity contribution >= 4 is 15.8 Å². The number of sulfonamides is 1. The second-order valence-electron chi connectivity index (χ2n) is 4.75. The summed E-state index contributed by atoms with van der Waals surface area (Å²) in [5.41, 5.74) is -0.722. The molecule has 5 nitrogen and oxygen atoms in total. The number of nitrogens with one attached hydrogen (secondary N) is 1. The number of alkyl halides is 3. The molecule has 0 spiro atoms. The molecule has 0 saturated carbocycles. The van der Waals surface area contributed by atoms with E-state index in [2.05, 4.69) is 4.98 Å². The van der Waals surface area contributed by atoms with Crippen LogP contribution in [0.2, 0.25) is 0 Å². The quantitative estimate of drug-likeness (QED) is 0.833. The lowest BCUT2D eigenvalue weighted by molar-refractivity contribution is -0.365. The van der Waals surface area contributed by atoms with Gasteiger partial charge < -0.3 is 0 Å². The number of halogens is 3. The smallest absolute Gasteiger partial charge is 0.259 e. The van der Waals surface area contributed by atoms with Crippen LogP contribution in [0.25, 0.3) is 0 Å². The molecule has 0 bridgehead atoms. The van der Waals surface area contributed by atoms with E-state index in [4.69, 9.17) is 0 Å². The molecule has 0 unspecified atom stereocenters. The fourth-order valence-corrected chi connectivity index (χ4v) is 3.29. The van der Waals surface area contributed by atoms with E-state index in [1.807, 2.05) is 0 Å². The Morgan fingerprint density at radius 2 is 1.86 bits per heavy atom. The van der Waals surface area contributed by atoms with Crippen molar-refractivity contribution in [2.75, 3.05) is 36.8 Å². The molecule has 9 heteroatoms. The largest absolute Gasteiger partial charge is 0.416 e. The number of aromatic nitrogens is 1. The Morgan fingerprint density at radius 1 is 1.24 bits per heavy atom. The van der Waals surface area contributed by atoms with Gasteiger partial charge in [0.05, 0.1) is 43.7 Å². The van der Waals surface area contributed by atoms with Crippen LogP contribution in [0.4, 0.5) is 19.0 Å². The number of anilines is 1. The average Bonchev–Trinajstić information content (AvgIpc) is 2.47. The molecule has 2 rings (SSSR count). The highest BCUT2D eigenvalue weighted by Crippen LogP contribution is 2.30. The molecule has 0 amide bonds. The summed E-state index contributed by atoms with van der Waals surface area (Å²) in [5, 5.41) is 0. The molecule has 1 N–H and O–H groups in total. The van der Waals surface area contributed by atoms with Crippen molar-refractivity contribution < 1.29 is 26.6 Å². The highest BCUT2D eigenvalue weighted by molar-refractivity contribution is 7.89. The maximum atomic E-state index is 12.7. The van der Waals surface area contributed by atoms with Crippen LogP contribution in [-0.4, -0.2) is 44.7 Å². The monoisotopic (exact) mass is 324 g/mol. The van der Waals surface area contributed by atoms with Gasteiger partial charge in [-0.05, 0) is 13.0 Å². The summed E-state index contributed by atoms with van der Waals surface area (Å²) in [4.78, 5) is 4.50. The fraction of sp³-hybridized carbons (Fsp3) is 0.583. The van der Waals surface area contributed by atoms with E-state index in [-0.39, 0.29) is 18.8 Å². The maximum Gasteiger partial charge on any atom is 0.416 e. The summed E-state index contributed by atoms with van der Waals surface area (Å²) in [6.45, 7) is 2.84. The van der Waals surface area contributed by atoms with Crippen molar-refractivity contribution in [1.82, 2.24) is 4.31 Å². The van der Waals surface area contributed by atoms with Crippen LogP contribution in [0.1, 0.15) is 12.5 Å². The molecule has 1 fully saturated rings. The molecule has 2 heterocycles. The van der Waals surface area contributed by atoms with E-state index in [1.165, 1.54) is 10.5 Å².